The Morgan fingerprint density at radius 1 is 1.02 bits per heavy atom. The van der Waals surface area contributed by atoms with Gasteiger partial charge >= 0.3 is 0 Å². The van der Waals surface area contributed by atoms with Gasteiger partial charge in [0.2, 0.25) is 5.95 Å². The van der Waals surface area contributed by atoms with E-state index in [1.165, 1.54) is 29.0 Å². The smallest absolute Gasteiger partial charge is 0.278 e. The van der Waals surface area contributed by atoms with Gasteiger partial charge in [0.05, 0.1) is 35.2 Å². The number of nitrogens with zero attached hydrogens (tertiary/aromatic N) is 5. The van der Waals surface area contributed by atoms with Gasteiger partial charge in [0.25, 0.3) is 15.6 Å². The van der Waals surface area contributed by atoms with E-state index in [1.54, 1.807) is 60.0 Å². The average Bonchev–Trinajstić information content (AvgIpc) is 3.64. The second-order valence-electron chi connectivity index (χ2n) is 10.3. The molecule has 1 N–H and O–H groups in total. The van der Waals surface area contributed by atoms with E-state index in [-0.39, 0.29) is 27.7 Å². The minimum atomic E-state index is -4.01. The maximum atomic E-state index is 13.8. The number of hydrogen-bond acceptors (Lipinski definition) is 10. The van der Waals surface area contributed by atoms with Crippen molar-refractivity contribution < 1.29 is 17.9 Å². The number of anilines is 2. The molecule has 0 saturated carbocycles. The molecule has 0 bridgehead atoms. The Morgan fingerprint density at radius 2 is 1.81 bits per heavy atom. The van der Waals surface area contributed by atoms with Crippen molar-refractivity contribution in [3.63, 3.8) is 0 Å². The Bertz CT molecular complexity index is 2130. The lowest BCUT2D eigenvalue weighted by Crippen LogP contribution is -2.20. The number of fused-ring (bicyclic) bond motifs is 4. The van der Waals surface area contributed by atoms with Crippen LogP contribution in [0.2, 0.25) is 0 Å². The highest BCUT2D eigenvalue weighted by Gasteiger charge is 2.24. The molecule has 0 aliphatic carbocycles. The minimum Gasteiger partial charge on any atom is -0.495 e. The number of aryl methyl sites for hydroxylation is 1. The van der Waals surface area contributed by atoms with Gasteiger partial charge in [0.15, 0.2) is 11.3 Å². The number of hydrogen-bond donors (Lipinski definition) is 1. The van der Waals surface area contributed by atoms with Gasteiger partial charge < -0.3 is 19.7 Å². The Labute approximate surface area is 252 Å². The zero-order valence-electron chi connectivity index (χ0n) is 24.1. The van der Waals surface area contributed by atoms with Gasteiger partial charge in [0, 0.05) is 18.8 Å². The van der Waals surface area contributed by atoms with E-state index in [2.05, 4.69) is 10.2 Å². The van der Waals surface area contributed by atoms with Gasteiger partial charge in [-0.1, -0.05) is 17.7 Å². The summed E-state index contributed by atoms with van der Waals surface area (Å²) in [4.78, 5) is 25.5. The fraction of sp³-hybridized carbons (Fsp3) is 0.233. The predicted octanol–water partition coefficient (Wildman–Crippen LogP) is 4.89. The van der Waals surface area contributed by atoms with Gasteiger partial charge in [-0.2, -0.15) is 4.98 Å². The molecule has 0 unspecified atom stereocenters. The van der Waals surface area contributed by atoms with Gasteiger partial charge in [0.1, 0.15) is 16.2 Å². The standard InChI is InChI=1S/C30H30N6O5S2/c1-19-6-9-21(10-7-19)43(38,39)35-15-12-22-27(35)33-30(36-28(22)31-23-13-17-42-26(23)29(36)37)32-24-18-20(8-11-25(24)40-4)41-16-5-14-34(2)3/h6-13,15,17-18H,5,14,16H2,1-4H3,(H,32,33). The zero-order valence-corrected chi connectivity index (χ0v) is 25.7. The van der Waals surface area contributed by atoms with Gasteiger partial charge in [-0.15, -0.1) is 11.3 Å². The van der Waals surface area contributed by atoms with Crippen LogP contribution in [0.25, 0.3) is 26.9 Å². The van der Waals surface area contributed by atoms with Crippen molar-refractivity contribution in [1.29, 1.82) is 0 Å². The van der Waals surface area contributed by atoms with E-state index >= 15 is 0 Å². The molecular weight excluding hydrogens is 589 g/mol. The molecule has 4 heterocycles. The van der Waals surface area contributed by atoms with Crippen molar-refractivity contribution in [1.82, 2.24) is 23.2 Å². The van der Waals surface area contributed by atoms with E-state index in [0.29, 0.717) is 39.4 Å². The number of methoxy groups -OCH3 is 1. The first kappa shape index (κ1) is 28.6. The summed E-state index contributed by atoms with van der Waals surface area (Å²) < 4.78 is 42.0. The number of thiophene rings is 1. The van der Waals surface area contributed by atoms with Crippen LogP contribution in [0.1, 0.15) is 12.0 Å². The highest BCUT2D eigenvalue weighted by Crippen LogP contribution is 2.33. The van der Waals surface area contributed by atoms with Crippen molar-refractivity contribution in [2.75, 3.05) is 39.7 Å². The Kier molecular flexibility index (Phi) is 7.54. The first-order valence-corrected chi connectivity index (χ1v) is 15.8. The number of benzene rings is 2. The third-order valence-corrected chi connectivity index (χ3v) is 9.56. The van der Waals surface area contributed by atoms with Gasteiger partial charge in [-0.25, -0.2) is 21.8 Å². The fourth-order valence-corrected chi connectivity index (χ4v) is 6.85. The molecule has 13 heteroatoms. The highest BCUT2D eigenvalue weighted by atomic mass is 32.2. The van der Waals surface area contributed by atoms with Crippen LogP contribution in [0.15, 0.2) is 75.9 Å². The number of nitrogens with one attached hydrogen (secondary N) is 1. The normalized spacial score (nSPS) is 12.0. The van der Waals surface area contributed by atoms with E-state index in [0.717, 1.165) is 22.5 Å². The molecule has 0 aliphatic rings. The lowest BCUT2D eigenvalue weighted by atomic mass is 10.2. The Hall–Kier alpha value is -4.46. The SMILES string of the molecule is COc1ccc(OCCCN(C)C)cc1Nc1nc2c(ccn2S(=O)(=O)c2ccc(C)cc2)c2nc3ccsc3c(=O)n12. The maximum absolute atomic E-state index is 13.8. The summed E-state index contributed by atoms with van der Waals surface area (Å²) in [5.41, 5.74) is 2.02. The van der Waals surface area contributed by atoms with Crippen LogP contribution in [-0.2, 0) is 10.0 Å². The van der Waals surface area contributed by atoms with E-state index < -0.39 is 10.0 Å². The lowest BCUT2D eigenvalue weighted by Gasteiger charge is -2.16. The molecule has 6 rings (SSSR count). The fourth-order valence-electron chi connectivity index (χ4n) is 4.80. The lowest BCUT2D eigenvalue weighted by molar-refractivity contribution is 0.281. The molecule has 0 aliphatic heterocycles. The van der Waals surface area contributed by atoms with Crippen LogP contribution >= 0.6 is 11.3 Å². The summed E-state index contributed by atoms with van der Waals surface area (Å²) >= 11 is 1.28. The van der Waals surface area contributed by atoms with E-state index in [1.807, 2.05) is 21.0 Å². The molecule has 2 aromatic carbocycles. The van der Waals surface area contributed by atoms with Gasteiger partial charge in [-0.3, -0.25) is 4.79 Å². The summed E-state index contributed by atoms with van der Waals surface area (Å²) in [6, 6.07) is 15.3. The molecular formula is C30H30N6O5S2. The van der Waals surface area contributed by atoms with Crippen LogP contribution in [0, 0.1) is 6.92 Å². The second kappa shape index (κ2) is 11.3. The molecule has 4 aromatic heterocycles. The molecule has 0 spiro atoms. The van der Waals surface area contributed by atoms with Gasteiger partial charge in [-0.05, 0) is 69.2 Å². The van der Waals surface area contributed by atoms with E-state index in [4.69, 9.17) is 19.4 Å². The van der Waals surface area contributed by atoms with Crippen molar-refractivity contribution in [2.45, 2.75) is 18.2 Å². The van der Waals surface area contributed by atoms with E-state index in [9.17, 15) is 13.2 Å². The summed E-state index contributed by atoms with van der Waals surface area (Å²) in [6.45, 7) is 3.29. The molecule has 43 heavy (non-hydrogen) atoms. The van der Waals surface area contributed by atoms with Crippen molar-refractivity contribution in [3.05, 3.63) is 82.1 Å². The topological polar surface area (TPSA) is 120 Å². The van der Waals surface area contributed by atoms with Crippen LogP contribution < -0.4 is 20.3 Å². The monoisotopic (exact) mass is 618 g/mol. The first-order valence-electron chi connectivity index (χ1n) is 13.5. The number of aromatic nitrogens is 4. The molecule has 6 aromatic rings. The third kappa shape index (κ3) is 5.31. The van der Waals surface area contributed by atoms with Crippen LogP contribution in [-0.4, -0.2) is 66.0 Å². The molecule has 0 saturated heterocycles. The molecule has 0 fully saturated rings. The average molecular weight is 619 g/mol. The molecule has 222 valence electrons. The molecule has 0 atom stereocenters. The largest absolute Gasteiger partial charge is 0.495 e. The van der Waals surface area contributed by atoms with Crippen LogP contribution in [0.3, 0.4) is 0 Å². The minimum absolute atomic E-state index is 0.0809. The molecule has 0 radical (unpaired) electrons. The summed E-state index contributed by atoms with van der Waals surface area (Å²) in [6.07, 6.45) is 2.28. The highest BCUT2D eigenvalue weighted by molar-refractivity contribution is 7.90. The van der Waals surface area contributed by atoms with Crippen LogP contribution in [0.4, 0.5) is 11.6 Å². The number of rotatable bonds is 10. The first-order chi connectivity index (χ1) is 20.7. The summed E-state index contributed by atoms with van der Waals surface area (Å²) in [5.74, 6) is 1.16. The summed E-state index contributed by atoms with van der Waals surface area (Å²) in [5, 5.41) is 5.42. The molecule has 0 amide bonds. The zero-order chi connectivity index (χ0) is 30.3. The van der Waals surface area contributed by atoms with Crippen molar-refractivity contribution in [3.8, 4) is 11.5 Å². The number of ether oxygens (including phenoxy) is 2. The second-order valence-corrected chi connectivity index (χ2v) is 13.0. The summed E-state index contributed by atoms with van der Waals surface area (Å²) in [7, 11) is 1.54. The van der Waals surface area contributed by atoms with Crippen molar-refractivity contribution in [2.24, 2.45) is 0 Å². The quantitative estimate of drug-likeness (QED) is 0.214. The maximum Gasteiger partial charge on any atom is 0.278 e. The predicted molar refractivity (Wildman–Crippen MR) is 169 cm³/mol. The Balaban J connectivity index is 1.53. The third-order valence-electron chi connectivity index (χ3n) is 6.98. The Morgan fingerprint density at radius 3 is 2.56 bits per heavy atom. The van der Waals surface area contributed by atoms with Crippen molar-refractivity contribution >= 4 is 59.9 Å². The molecule has 11 nitrogen and oxygen atoms in total. The van der Waals surface area contributed by atoms with Crippen LogP contribution in [0.5, 0.6) is 11.5 Å².